The molecule has 0 saturated carbocycles. The maximum Gasteiger partial charge on any atom is 0.220 e. The molecule has 20 heavy (non-hydrogen) atoms. The predicted molar refractivity (Wildman–Crippen MR) is 78.0 cm³/mol. The molecular formula is C16H21NO3. The number of carbonyl (C=O) groups is 1. The van der Waals surface area contributed by atoms with Crippen molar-refractivity contribution >= 4 is 5.91 Å². The Kier molecular flexibility index (Phi) is 7.41. The zero-order valence-corrected chi connectivity index (χ0v) is 12.0. The molecule has 1 unspecified atom stereocenters. The topological polar surface area (TPSA) is 58.6 Å². The van der Waals surface area contributed by atoms with Gasteiger partial charge in [-0.3, -0.25) is 4.79 Å². The normalized spacial score (nSPS) is 11.3. The SMILES string of the molecule is COC(C)CCC(=O)NCc1ccc(C#CCO)cc1. The molecule has 0 aliphatic carbocycles. The molecule has 0 saturated heterocycles. The third-order valence-electron chi connectivity index (χ3n) is 2.94. The molecule has 0 spiro atoms. The van der Waals surface area contributed by atoms with E-state index in [0.717, 1.165) is 17.5 Å². The molecule has 0 aliphatic heterocycles. The maximum atomic E-state index is 11.6. The number of amides is 1. The summed E-state index contributed by atoms with van der Waals surface area (Å²) in [4.78, 5) is 11.6. The van der Waals surface area contributed by atoms with Gasteiger partial charge in [0.15, 0.2) is 0 Å². The lowest BCUT2D eigenvalue weighted by atomic mass is 10.1. The van der Waals surface area contributed by atoms with E-state index in [1.807, 2.05) is 31.2 Å². The van der Waals surface area contributed by atoms with Gasteiger partial charge in [0.2, 0.25) is 5.91 Å². The Morgan fingerprint density at radius 1 is 1.40 bits per heavy atom. The van der Waals surface area contributed by atoms with E-state index >= 15 is 0 Å². The standard InChI is InChI=1S/C16H21NO3/c1-13(20-2)5-10-16(19)17-12-15-8-6-14(7-9-15)4-3-11-18/h6-9,13,18H,5,10-12H2,1-2H3,(H,17,19). The van der Waals surface area contributed by atoms with Crippen LogP contribution in [0.3, 0.4) is 0 Å². The highest BCUT2D eigenvalue weighted by Crippen LogP contribution is 2.04. The van der Waals surface area contributed by atoms with Gasteiger partial charge in [-0.15, -0.1) is 0 Å². The lowest BCUT2D eigenvalue weighted by Gasteiger charge is -2.09. The van der Waals surface area contributed by atoms with E-state index in [4.69, 9.17) is 9.84 Å². The van der Waals surface area contributed by atoms with E-state index in [0.29, 0.717) is 13.0 Å². The first-order valence-corrected chi connectivity index (χ1v) is 6.64. The van der Waals surface area contributed by atoms with E-state index in [9.17, 15) is 4.79 Å². The predicted octanol–water partition coefficient (Wildman–Crippen LogP) is 1.46. The van der Waals surface area contributed by atoms with Crippen LogP contribution in [0.2, 0.25) is 0 Å². The Morgan fingerprint density at radius 3 is 2.70 bits per heavy atom. The van der Waals surface area contributed by atoms with E-state index in [1.165, 1.54) is 0 Å². The van der Waals surface area contributed by atoms with Gasteiger partial charge < -0.3 is 15.2 Å². The van der Waals surface area contributed by atoms with Gasteiger partial charge in [-0.2, -0.15) is 0 Å². The summed E-state index contributed by atoms with van der Waals surface area (Å²) in [7, 11) is 1.64. The summed E-state index contributed by atoms with van der Waals surface area (Å²) >= 11 is 0. The third-order valence-corrected chi connectivity index (χ3v) is 2.94. The summed E-state index contributed by atoms with van der Waals surface area (Å²) in [6, 6.07) is 7.58. The molecule has 0 heterocycles. The van der Waals surface area contributed by atoms with Gasteiger partial charge in [0, 0.05) is 25.6 Å². The Morgan fingerprint density at radius 2 is 2.10 bits per heavy atom. The number of ether oxygens (including phenoxy) is 1. The van der Waals surface area contributed by atoms with Crippen LogP contribution in [-0.4, -0.2) is 30.8 Å². The molecule has 0 fully saturated rings. The fourth-order valence-electron chi connectivity index (χ4n) is 1.59. The second-order valence-electron chi connectivity index (χ2n) is 4.52. The minimum atomic E-state index is -0.141. The van der Waals surface area contributed by atoms with Crippen LogP contribution in [0, 0.1) is 11.8 Å². The molecule has 1 amide bonds. The summed E-state index contributed by atoms with van der Waals surface area (Å²) in [5, 5.41) is 11.5. The second kappa shape index (κ2) is 9.13. The molecule has 2 N–H and O–H groups in total. The summed E-state index contributed by atoms with van der Waals surface area (Å²) in [5.41, 5.74) is 1.87. The number of hydrogen-bond acceptors (Lipinski definition) is 3. The monoisotopic (exact) mass is 275 g/mol. The van der Waals surface area contributed by atoms with E-state index in [-0.39, 0.29) is 18.6 Å². The molecule has 4 nitrogen and oxygen atoms in total. The number of carbonyl (C=O) groups excluding carboxylic acids is 1. The van der Waals surface area contributed by atoms with Crippen molar-refractivity contribution in [1.29, 1.82) is 0 Å². The van der Waals surface area contributed by atoms with Crippen LogP contribution in [0.25, 0.3) is 0 Å². The first kappa shape index (κ1) is 16.2. The van der Waals surface area contributed by atoms with E-state index < -0.39 is 0 Å². The van der Waals surface area contributed by atoms with Gasteiger partial charge in [0.1, 0.15) is 6.61 Å². The minimum absolute atomic E-state index is 0.0260. The van der Waals surface area contributed by atoms with Crippen LogP contribution < -0.4 is 5.32 Å². The van der Waals surface area contributed by atoms with Crippen LogP contribution in [0.4, 0.5) is 0 Å². The summed E-state index contributed by atoms with van der Waals surface area (Å²) in [5.74, 6) is 5.44. The molecule has 1 atom stereocenters. The average molecular weight is 275 g/mol. The highest BCUT2D eigenvalue weighted by molar-refractivity contribution is 5.75. The van der Waals surface area contributed by atoms with Gasteiger partial charge in [-0.05, 0) is 31.0 Å². The minimum Gasteiger partial charge on any atom is -0.384 e. The molecule has 0 radical (unpaired) electrons. The Hall–Kier alpha value is -1.83. The van der Waals surface area contributed by atoms with Gasteiger partial charge in [0.05, 0.1) is 6.10 Å². The van der Waals surface area contributed by atoms with Gasteiger partial charge >= 0.3 is 0 Å². The molecular weight excluding hydrogens is 254 g/mol. The lowest BCUT2D eigenvalue weighted by Crippen LogP contribution is -2.23. The van der Waals surface area contributed by atoms with Crippen molar-refractivity contribution in [3.05, 3.63) is 35.4 Å². The Labute approximate surface area is 120 Å². The quantitative estimate of drug-likeness (QED) is 0.773. The first-order valence-electron chi connectivity index (χ1n) is 6.64. The van der Waals surface area contributed by atoms with Crippen molar-refractivity contribution in [3.8, 4) is 11.8 Å². The lowest BCUT2D eigenvalue weighted by molar-refractivity contribution is -0.121. The number of rotatable bonds is 6. The zero-order valence-electron chi connectivity index (χ0n) is 12.0. The van der Waals surface area contributed by atoms with Gasteiger partial charge in [0.25, 0.3) is 0 Å². The molecule has 108 valence electrons. The number of hydrogen-bond donors (Lipinski definition) is 2. The summed E-state index contributed by atoms with van der Waals surface area (Å²) in [6.07, 6.45) is 1.29. The molecule has 1 aromatic rings. The van der Waals surface area contributed by atoms with Crippen molar-refractivity contribution in [3.63, 3.8) is 0 Å². The zero-order chi connectivity index (χ0) is 14.8. The van der Waals surface area contributed by atoms with Crippen LogP contribution in [0.1, 0.15) is 30.9 Å². The molecule has 0 bridgehead atoms. The van der Waals surface area contributed by atoms with Crippen LogP contribution in [0.15, 0.2) is 24.3 Å². The van der Waals surface area contributed by atoms with Gasteiger partial charge in [-0.1, -0.05) is 24.0 Å². The Balaban J connectivity index is 2.36. The number of nitrogens with one attached hydrogen (secondary N) is 1. The maximum absolute atomic E-state index is 11.6. The van der Waals surface area contributed by atoms with E-state index in [2.05, 4.69) is 17.2 Å². The molecule has 1 aromatic carbocycles. The first-order chi connectivity index (χ1) is 9.65. The fourth-order valence-corrected chi connectivity index (χ4v) is 1.59. The smallest absolute Gasteiger partial charge is 0.220 e. The summed E-state index contributed by atoms with van der Waals surface area (Å²) < 4.78 is 5.10. The van der Waals surface area contributed by atoms with Crippen molar-refractivity contribution in [2.45, 2.75) is 32.4 Å². The average Bonchev–Trinajstić information content (AvgIpc) is 2.49. The van der Waals surface area contributed by atoms with Crippen LogP contribution in [0.5, 0.6) is 0 Å². The number of aliphatic hydroxyl groups is 1. The fraction of sp³-hybridized carbons (Fsp3) is 0.438. The number of benzene rings is 1. The second-order valence-corrected chi connectivity index (χ2v) is 4.52. The van der Waals surface area contributed by atoms with E-state index in [1.54, 1.807) is 7.11 Å². The van der Waals surface area contributed by atoms with Crippen molar-refractivity contribution in [2.75, 3.05) is 13.7 Å². The highest BCUT2D eigenvalue weighted by Gasteiger charge is 2.05. The number of aliphatic hydroxyl groups excluding tert-OH is 1. The largest absolute Gasteiger partial charge is 0.384 e. The van der Waals surface area contributed by atoms with Crippen LogP contribution in [-0.2, 0) is 16.1 Å². The Bertz CT molecular complexity index is 471. The van der Waals surface area contributed by atoms with Gasteiger partial charge in [-0.25, -0.2) is 0 Å². The van der Waals surface area contributed by atoms with Crippen molar-refractivity contribution < 1.29 is 14.6 Å². The third kappa shape index (κ3) is 6.37. The van der Waals surface area contributed by atoms with Crippen molar-refractivity contribution in [1.82, 2.24) is 5.32 Å². The molecule has 0 aliphatic rings. The highest BCUT2D eigenvalue weighted by atomic mass is 16.5. The summed E-state index contributed by atoms with van der Waals surface area (Å²) in [6.45, 7) is 2.31. The molecule has 4 heteroatoms. The van der Waals surface area contributed by atoms with Crippen molar-refractivity contribution in [2.24, 2.45) is 0 Å². The van der Waals surface area contributed by atoms with Crippen LogP contribution >= 0.6 is 0 Å². The number of methoxy groups -OCH3 is 1. The molecule has 0 aromatic heterocycles. The molecule has 1 rings (SSSR count).